The molecule has 2 heteroatoms. The maximum Gasteiger partial charge on any atom is 0.157 e. The van der Waals surface area contributed by atoms with Crippen LogP contribution in [0.25, 0.3) is 0 Å². The molecular formula is C12H18O2. The van der Waals surface area contributed by atoms with E-state index in [9.17, 15) is 0 Å². The molecule has 1 unspecified atom stereocenters. The van der Waals surface area contributed by atoms with Crippen LogP contribution in [0.2, 0.25) is 0 Å². The average Bonchev–Trinajstić information content (AvgIpc) is 2.25. The van der Waals surface area contributed by atoms with E-state index in [1.807, 2.05) is 25.1 Å². The summed E-state index contributed by atoms with van der Waals surface area (Å²) in [5.41, 5.74) is 1.19. The standard InChI is InChI=1S/C12H18O2/c1-3-12(13-4-2)14-10-11-8-6-5-7-9-11/h5-9,12H,3-4,10H2,1-2H3. The van der Waals surface area contributed by atoms with Crippen LogP contribution >= 0.6 is 0 Å². The first-order valence-corrected chi connectivity index (χ1v) is 5.14. The van der Waals surface area contributed by atoms with Crippen LogP contribution in [0.3, 0.4) is 0 Å². The third-order valence-corrected chi connectivity index (χ3v) is 1.96. The fourth-order valence-electron chi connectivity index (χ4n) is 1.23. The molecule has 0 spiro atoms. The molecule has 78 valence electrons. The number of rotatable bonds is 6. The van der Waals surface area contributed by atoms with Crippen molar-refractivity contribution in [1.29, 1.82) is 0 Å². The Morgan fingerprint density at radius 2 is 1.79 bits per heavy atom. The Labute approximate surface area is 85.8 Å². The van der Waals surface area contributed by atoms with Crippen molar-refractivity contribution in [3.8, 4) is 0 Å². The molecule has 1 aromatic rings. The van der Waals surface area contributed by atoms with Gasteiger partial charge in [0.1, 0.15) is 0 Å². The van der Waals surface area contributed by atoms with Gasteiger partial charge in [0, 0.05) is 6.61 Å². The maximum absolute atomic E-state index is 5.60. The topological polar surface area (TPSA) is 18.5 Å². The predicted octanol–water partition coefficient (Wildman–Crippen LogP) is 2.98. The summed E-state index contributed by atoms with van der Waals surface area (Å²) in [5, 5.41) is 0. The molecule has 1 rings (SSSR count). The molecule has 0 aliphatic heterocycles. The molecular weight excluding hydrogens is 176 g/mol. The molecule has 1 aromatic carbocycles. The molecule has 0 saturated carbocycles. The Bertz CT molecular complexity index is 233. The van der Waals surface area contributed by atoms with E-state index in [0.29, 0.717) is 13.2 Å². The fourth-order valence-corrected chi connectivity index (χ4v) is 1.23. The van der Waals surface area contributed by atoms with Crippen LogP contribution in [0, 0.1) is 0 Å². The minimum Gasteiger partial charge on any atom is -0.353 e. The average molecular weight is 194 g/mol. The molecule has 0 bridgehead atoms. The number of hydrogen-bond acceptors (Lipinski definition) is 2. The minimum atomic E-state index is -0.0693. The van der Waals surface area contributed by atoms with E-state index in [1.165, 1.54) is 5.56 Å². The van der Waals surface area contributed by atoms with E-state index >= 15 is 0 Å². The van der Waals surface area contributed by atoms with Crippen LogP contribution in [0.5, 0.6) is 0 Å². The SMILES string of the molecule is CCOC(CC)OCc1ccccc1. The Morgan fingerprint density at radius 1 is 1.07 bits per heavy atom. The van der Waals surface area contributed by atoms with Gasteiger partial charge in [0.2, 0.25) is 0 Å². The summed E-state index contributed by atoms with van der Waals surface area (Å²) in [6.45, 7) is 5.37. The number of benzene rings is 1. The van der Waals surface area contributed by atoms with Gasteiger partial charge in [-0.3, -0.25) is 0 Å². The highest BCUT2D eigenvalue weighted by molar-refractivity contribution is 5.13. The van der Waals surface area contributed by atoms with Crippen LogP contribution in [-0.2, 0) is 16.1 Å². The molecule has 0 heterocycles. The van der Waals surface area contributed by atoms with E-state index in [0.717, 1.165) is 6.42 Å². The van der Waals surface area contributed by atoms with Gasteiger partial charge in [-0.1, -0.05) is 37.3 Å². The lowest BCUT2D eigenvalue weighted by Gasteiger charge is -2.15. The quantitative estimate of drug-likeness (QED) is 0.648. The third kappa shape index (κ3) is 3.90. The van der Waals surface area contributed by atoms with E-state index in [4.69, 9.17) is 9.47 Å². The highest BCUT2D eigenvalue weighted by Gasteiger charge is 2.04. The summed E-state index contributed by atoms with van der Waals surface area (Å²) in [5.74, 6) is 0. The van der Waals surface area contributed by atoms with Crippen molar-refractivity contribution < 1.29 is 9.47 Å². The summed E-state index contributed by atoms with van der Waals surface area (Å²) in [6, 6.07) is 10.1. The van der Waals surface area contributed by atoms with Gasteiger partial charge in [0.05, 0.1) is 6.61 Å². The molecule has 0 aromatic heterocycles. The zero-order chi connectivity index (χ0) is 10.2. The highest BCUT2D eigenvalue weighted by atomic mass is 16.7. The molecule has 0 N–H and O–H groups in total. The first-order chi connectivity index (χ1) is 6.86. The van der Waals surface area contributed by atoms with E-state index in [2.05, 4.69) is 19.1 Å². The summed E-state index contributed by atoms with van der Waals surface area (Å²) in [6.07, 6.45) is 0.820. The van der Waals surface area contributed by atoms with Crippen LogP contribution in [0.15, 0.2) is 30.3 Å². The summed E-state index contributed by atoms with van der Waals surface area (Å²) >= 11 is 0. The van der Waals surface area contributed by atoms with Crippen molar-refractivity contribution in [3.05, 3.63) is 35.9 Å². The fraction of sp³-hybridized carbons (Fsp3) is 0.500. The smallest absolute Gasteiger partial charge is 0.157 e. The van der Waals surface area contributed by atoms with Crippen molar-refractivity contribution in [2.45, 2.75) is 33.2 Å². The van der Waals surface area contributed by atoms with Gasteiger partial charge in [-0.15, -0.1) is 0 Å². The predicted molar refractivity (Wildman–Crippen MR) is 56.9 cm³/mol. The Hall–Kier alpha value is -0.860. The summed E-state index contributed by atoms with van der Waals surface area (Å²) in [7, 11) is 0. The first-order valence-electron chi connectivity index (χ1n) is 5.14. The van der Waals surface area contributed by atoms with E-state index in [1.54, 1.807) is 0 Å². The lowest BCUT2D eigenvalue weighted by Crippen LogP contribution is -2.15. The van der Waals surface area contributed by atoms with Gasteiger partial charge in [-0.05, 0) is 18.9 Å². The number of ether oxygens (including phenoxy) is 2. The van der Waals surface area contributed by atoms with E-state index in [-0.39, 0.29) is 6.29 Å². The molecule has 0 aliphatic rings. The summed E-state index contributed by atoms with van der Waals surface area (Å²) in [4.78, 5) is 0. The van der Waals surface area contributed by atoms with Crippen molar-refractivity contribution in [2.24, 2.45) is 0 Å². The van der Waals surface area contributed by atoms with Gasteiger partial charge in [-0.2, -0.15) is 0 Å². The first kappa shape index (κ1) is 11.2. The van der Waals surface area contributed by atoms with Gasteiger partial charge in [-0.25, -0.2) is 0 Å². The zero-order valence-corrected chi connectivity index (χ0v) is 8.90. The molecule has 0 amide bonds. The van der Waals surface area contributed by atoms with Crippen molar-refractivity contribution >= 4 is 0 Å². The Morgan fingerprint density at radius 3 is 2.36 bits per heavy atom. The molecule has 0 radical (unpaired) electrons. The largest absolute Gasteiger partial charge is 0.353 e. The summed E-state index contributed by atoms with van der Waals surface area (Å²) < 4.78 is 11.0. The van der Waals surface area contributed by atoms with Crippen LogP contribution < -0.4 is 0 Å². The lowest BCUT2D eigenvalue weighted by molar-refractivity contribution is -0.147. The van der Waals surface area contributed by atoms with Crippen LogP contribution in [0.4, 0.5) is 0 Å². The normalized spacial score (nSPS) is 12.7. The minimum absolute atomic E-state index is 0.0693. The van der Waals surface area contributed by atoms with Crippen molar-refractivity contribution in [2.75, 3.05) is 6.61 Å². The van der Waals surface area contributed by atoms with E-state index < -0.39 is 0 Å². The zero-order valence-electron chi connectivity index (χ0n) is 8.90. The lowest BCUT2D eigenvalue weighted by atomic mass is 10.2. The molecule has 14 heavy (non-hydrogen) atoms. The monoisotopic (exact) mass is 194 g/mol. The Kier molecular flexibility index (Phi) is 5.27. The molecule has 0 fully saturated rings. The van der Waals surface area contributed by atoms with Gasteiger partial charge in [0.15, 0.2) is 6.29 Å². The van der Waals surface area contributed by atoms with Crippen LogP contribution in [0.1, 0.15) is 25.8 Å². The highest BCUT2D eigenvalue weighted by Crippen LogP contribution is 2.06. The van der Waals surface area contributed by atoms with Gasteiger partial charge >= 0.3 is 0 Å². The Balaban J connectivity index is 2.32. The van der Waals surface area contributed by atoms with Gasteiger partial charge < -0.3 is 9.47 Å². The third-order valence-electron chi connectivity index (χ3n) is 1.96. The maximum atomic E-state index is 5.60. The molecule has 2 nitrogen and oxygen atoms in total. The second kappa shape index (κ2) is 6.57. The molecule has 0 saturated heterocycles. The number of hydrogen-bond donors (Lipinski definition) is 0. The second-order valence-corrected chi connectivity index (χ2v) is 3.09. The molecule has 1 atom stereocenters. The van der Waals surface area contributed by atoms with Gasteiger partial charge in [0.25, 0.3) is 0 Å². The van der Waals surface area contributed by atoms with Crippen LogP contribution in [-0.4, -0.2) is 12.9 Å². The second-order valence-electron chi connectivity index (χ2n) is 3.09. The van der Waals surface area contributed by atoms with Crippen molar-refractivity contribution in [1.82, 2.24) is 0 Å². The molecule has 0 aliphatic carbocycles. The van der Waals surface area contributed by atoms with Crippen molar-refractivity contribution in [3.63, 3.8) is 0 Å².